The van der Waals surface area contributed by atoms with Crippen molar-refractivity contribution >= 4 is 11.8 Å². The van der Waals surface area contributed by atoms with Gasteiger partial charge in [0.25, 0.3) is 0 Å². The summed E-state index contributed by atoms with van der Waals surface area (Å²) in [6.45, 7) is 5.10. The minimum atomic E-state index is -1.02. The van der Waals surface area contributed by atoms with Gasteiger partial charge in [-0.1, -0.05) is 25.5 Å². The molecule has 0 radical (unpaired) electrons. The zero-order valence-electron chi connectivity index (χ0n) is 20.5. The highest BCUT2D eigenvalue weighted by Gasteiger charge is 2.17. The quantitative estimate of drug-likeness (QED) is 0.318. The van der Waals surface area contributed by atoms with Crippen molar-refractivity contribution in [1.82, 2.24) is 4.98 Å². The molecule has 0 aliphatic rings. The predicted octanol–water partition coefficient (Wildman–Crippen LogP) is 6.04. The van der Waals surface area contributed by atoms with Gasteiger partial charge in [-0.2, -0.15) is 0 Å². The molecule has 1 N–H and O–H groups in total. The highest BCUT2D eigenvalue weighted by Crippen LogP contribution is 2.32. The van der Waals surface area contributed by atoms with Gasteiger partial charge >= 0.3 is 5.97 Å². The number of rotatable bonds is 12. The van der Waals surface area contributed by atoms with Crippen LogP contribution in [0.2, 0.25) is 0 Å². The fourth-order valence-corrected chi connectivity index (χ4v) is 3.75. The molecule has 7 nitrogen and oxygen atoms in total. The van der Waals surface area contributed by atoms with E-state index < -0.39 is 12.6 Å². The van der Waals surface area contributed by atoms with E-state index in [9.17, 15) is 9.59 Å². The maximum Gasteiger partial charge on any atom is 0.341 e. The van der Waals surface area contributed by atoms with Crippen molar-refractivity contribution in [2.24, 2.45) is 0 Å². The molecular weight excluding hydrogens is 446 g/mol. The minimum Gasteiger partial charge on any atom is -0.496 e. The van der Waals surface area contributed by atoms with Gasteiger partial charge in [0.2, 0.25) is 0 Å². The summed E-state index contributed by atoms with van der Waals surface area (Å²) in [6, 6.07) is 16.6. The Labute approximate surface area is 205 Å². The molecule has 1 aromatic heterocycles. The van der Waals surface area contributed by atoms with Gasteiger partial charge in [-0.3, -0.25) is 4.79 Å². The second-order valence-electron chi connectivity index (χ2n) is 8.28. The van der Waals surface area contributed by atoms with Gasteiger partial charge in [0.1, 0.15) is 23.4 Å². The van der Waals surface area contributed by atoms with Gasteiger partial charge in [0.15, 0.2) is 12.4 Å². The highest BCUT2D eigenvalue weighted by molar-refractivity contribution is 5.97. The molecule has 1 unspecified atom stereocenters. The van der Waals surface area contributed by atoms with Crippen LogP contribution in [-0.2, 0) is 4.79 Å². The topological polar surface area (TPSA) is 95.0 Å². The number of carbonyl (C=O) groups excluding carboxylic acids is 1. The zero-order valence-corrected chi connectivity index (χ0v) is 20.5. The van der Waals surface area contributed by atoms with E-state index in [1.54, 1.807) is 25.3 Å². The summed E-state index contributed by atoms with van der Waals surface area (Å²) in [5.74, 6) is 0.599. The molecule has 1 heterocycles. The first kappa shape index (κ1) is 25.7. The summed E-state index contributed by atoms with van der Waals surface area (Å²) < 4.78 is 17.1. The Morgan fingerprint density at radius 3 is 2.51 bits per heavy atom. The molecular formula is C28H31NO6. The van der Waals surface area contributed by atoms with Crippen LogP contribution in [0.25, 0.3) is 11.3 Å². The summed E-state index contributed by atoms with van der Waals surface area (Å²) in [4.78, 5) is 27.5. The lowest BCUT2D eigenvalue weighted by molar-refractivity contribution is -0.139. The number of hydrogen-bond acceptors (Lipinski definition) is 6. The Hall–Kier alpha value is -3.87. The zero-order chi connectivity index (χ0) is 25.4. The van der Waals surface area contributed by atoms with Crippen LogP contribution in [0.3, 0.4) is 0 Å². The number of aryl methyl sites for hydroxylation is 1. The van der Waals surface area contributed by atoms with Gasteiger partial charge in [0, 0.05) is 5.56 Å². The number of ketones is 1. The van der Waals surface area contributed by atoms with Crippen LogP contribution in [0.5, 0.6) is 17.2 Å². The normalized spacial score (nSPS) is 11.5. The summed E-state index contributed by atoms with van der Waals surface area (Å²) in [6.07, 6.45) is 2.51. The molecule has 0 saturated carbocycles. The second kappa shape index (κ2) is 12.0. The fourth-order valence-electron chi connectivity index (χ4n) is 3.75. The van der Waals surface area contributed by atoms with E-state index in [-0.39, 0.29) is 11.9 Å². The SMILES string of the molecule is CCCCC(Oc1ccc(OCC(=O)O)c(C)c1)c1cccc(-c2ccc(C(C)=O)c(OC)c2)n1. The van der Waals surface area contributed by atoms with Crippen LogP contribution in [0.4, 0.5) is 0 Å². The van der Waals surface area contributed by atoms with Gasteiger partial charge in [-0.05, 0) is 74.7 Å². The molecule has 7 heteroatoms. The van der Waals surface area contributed by atoms with Crippen LogP contribution in [0.15, 0.2) is 54.6 Å². The number of ether oxygens (including phenoxy) is 3. The van der Waals surface area contributed by atoms with Crippen molar-refractivity contribution in [3.05, 3.63) is 71.4 Å². The molecule has 35 heavy (non-hydrogen) atoms. The van der Waals surface area contributed by atoms with Crippen molar-refractivity contribution in [3.8, 4) is 28.5 Å². The van der Waals surface area contributed by atoms with E-state index >= 15 is 0 Å². The molecule has 2 aromatic carbocycles. The lowest BCUT2D eigenvalue weighted by Crippen LogP contribution is -2.11. The lowest BCUT2D eigenvalue weighted by atomic mass is 10.0. The van der Waals surface area contributed by atoms with Crippen LogP contribution >= 0.6 is 0 Å². The number of carboxylic acids is 1. The lowest BCUT2D eigenvalue weighted by Gasteiger charge is -2.20. The summed E-state index contributed by atoms with van der Waals surface area (Å²) in [5.41, 5.74) is 3.72. The fraction of sp³-hybridized carbons (Fsp3) is 0.321. The summed E-state index contributed by atoms with van der Waals surface area (Å²) in [7, 11) is 1.55. The Balaban J connectivity index is 1.88. The van der Waals surface area contributed by atoms with Crippen LogP contribution in [0, 0.1) is 6.92 Å². The van der Waals surface area contributed by atoms with Crippen LogP contribution < -0.4 is 14.2 Å². The number of aliphatic carboxylic acids is 1. The Bertz CT molecular complexity index is 1190. The van der Waals surface area contributed by atoms with Crippen LogP contribution in [-0.4, -0.2) is 35.6 Å². The Kier molecular flexibility index (Phi) is 8.84. The number of hydrogen-bond donors (Lipinski definition) is 1. The molecule has 0 spiro atoms. The van der Waals surface area contributed by atoms with Gasteiger partial charge in [0.05, 0.1) is 24.1 Å². The van der Waals surface area contributed by atoms with Gasteiger partial charge in [-0.25, -0.2) is 9.78 Å². The van der Waals surface area contributed by atoms with E-state index in [0.717, 1.165) is 41.8 Å². The van der Waals surface area contributed by atoms with E-state index in [2.05, 4.69) is 6.92 Å². The molecule has 0 amide bonds. The van der Waals surface area contributed by atoms with Gasteiger partial charge < -0.3 is 19.3 Å². The maximum atomic E-state index is 11.9. The van der Waals surface area contributed by atoms with E-state index in [4.69, 9.17) is 24.3 Å². The first-order valence-electron chi connectivity index (χ1n) is 11.6. The third-order valence-electron chi connectivity index (χ3n) is 5.57. The molecule has 0 saturated heterocycles. The minimum absolute atomic E-state index is 0.0576. The maximum absolute atomic E-state index is 11.9. The molecule has 0 fully saturated rings. The number of pyridine rings is 1. The molecule has 0 aliphatic heterocycles. The van der Waals surface area contributed by atoms with Crippen molar-refractivity contribution in [2.75, 3.05) is 13.7 Å². The standard InChI is InChI=1S/C28H31NO6/c1-5-6-10-26(35-21-12-14-25(18(2)15-21)34-17-28(31)32)24-9-7-8-23(29-24)20-11-13-22(19(3)30)27(16-20)33-4/h7-9,11-16,26H,5-6,10,17H2,1-4H3,(H,31,32). The monoisotopic (exact) mass is 477 g/mol. The average molecular weight is 478 g/mol. The van der Waals surface area contributed by atoms with E-state index in [0.29, 0.717) is 22.8 Å². The number of carboxylic acid groups (broad SMARTS) is 1. The molecule has 0 bridgehead atoms. The summed E-state index contributed by atoms with van der Waals surface area (Å²) in [5, 5.41) is 8.84. The van der Waals surface area contributed by atoms with Crippen molar-refractivity contribution in [2.45, 2.75) is 46.1 Å². The molecule has 184 valence electrons. The number of carbonyl (C=O) groups is 2. The number of unbranched alkanes of at least 4 members (excludes halogenated alkanes) is 1. The van der Waals surface area contributed by atoms with Crippen LogP contribution in [0.1, 0.15) is 60.8 Å². The number of benzene rings is 2. The third-order valence-corrected chi connectivity index (χ3v) is 5.57. The van der Waals surface area contributed by atoms with Gasteiger partial charge in [-0.15, -0.1) is 0 Å². The number of methoxy groups -OCH3 is 1. The molecule has 3 rings (SSSR count). The van der Waals surface area contributed by atoms with Crippen molar-refractivity contribution < 1.29 is 28.9 Å². The van der Waals surface area contributed by atoms with E-state index in [1.807, 2.05) is 43.3 Å². The molecule has 3 aromatic rings. The largest absolute Gasteiger partial charge is 0.496 e. The Morgan fingerprint density at radius 1 is 1.06 bits per heavy atom. The third kappa shape index (κ3) is 6.82. The smallest absolute Gasteiger partial charge is 0.341 e. The second-order valence-corrected chi connectivity index (χ2v) is 8.28. The van der Waals surface area contributed by atoms with Crippen molar-refractivity contribution in [3.63, 3.8) is 0 Å². The first-order chi connectivity index (χ1) is 16.8. The Morgan fingerprint density at radius 2 is 1.86 bits per heavy atom. The number of nitrogens with zero attached hydrogens (tertiary/aromatic N) is 1. The first-order valence-corrected chi connectivity index (χ1v) is 11.6. The predicted molar refractivity (Wildman–Crippen MR) is 133 cm³/mol. The highest BCUT2D eigenvalue weighted by atomic mass is 16.5. The number of aromatic nitrogens is 1. The van der Waals surface area contributed by atoms with E-state index in [1.165, 1.54) is 6.92 Å². The average Bonchev–Trinajstić information content (AvgIpc) is 2.85. The molecule has 1 atom stereocenters. The van der Waals surface area contributed by atoms with Crippen molar-refractivity contribution in [1.29, 1.82) is 0 Å². The number of Topliss-reactive ketones (excluding diaryl/α,β-unsaturated/α-hetero) is 1. The summed E-state index contributed by atoms with van der Waals surface area (Å²) >= 11 is 0. The molecule has 0 aliphatic carbocycles.